The molecule has 1 unspecified atom stereocenters. The lowest BCUT2D eigenvalue weighted by molar-refractivity contribution is -0.167. The molecule has 0 aliphatic heterocycles. The molecule has 0 saturated carbocycles. The lowest BCUT2D eigenvalue weighted by Crippen LogP contribution is -2.30. The lowest BCUT2D eigenvalue weighted by atomic mass is 10.0. The van der Waals surface area contributed by atoms with Crippen LogP contribution in [0.25, 0.3) is 0 Å². The number of unbranched alkanes of at least 4 members (excludes halogenated alkanes) is 39. The predicted octanol–water partition coefficient (Wildman–Crippen LogP) is 18.5. The van der Waals surface area contributed by atoms with Crippen LogP contribution in [0.5, 0.6) is 0 Å². The number of carbonyl (C=O) groups excluding carboxylic acids is 3. The Kier molecular flexibility index (Phi) is 51.2. The van der Waals surface area contributed by atoms with Crippen molar-refractivity contribution in [2.45, 2.75) is 322 Å². The smallest absolute Gasteiger partial charge is 0.306 e. The molecule has 372 valence electrons. The molecule has 0 spiro atoms. The SMILES string of the molecule is CCCCCC/C=C\CCCCCCCCCC(=O)OC(COC(=O)CCCCCCCCCCCCCC)COC(=O)CCCCCCCCCCCCCCCCCCCC. The predicted molar refractivity (Wildman–Crippen MR) is 270 cm³/mol. The number of carbonyl (C=O) groups is 3. The van der Waals surface area contributed by atoms with Crippen molar-refractivity contribution in [2.75, 3.05) is 13.2 Å². The minimum Gasteiger partial charge on any atom is -0.462 e. The zero-order chi connectivity index (χ0) is 45.8. The van der Waals surface area contributed by atoms with Gasteiger partial charge >= 0.3 is 17.9 Å². The molecule has 0 amide bonds. The van der Waals surface area contributed by atoms with Crippen molar-refractivity contribution in [3.8, 4) is 0 Å². The summed E-state index contributed by atoms with van der Waals surface area (Å²) in [5.74, 6) is -0.849. The first-order valence-corrected chi connectivity index (χ1v) is 28.2. The molecule has 0 aromatic rings. The largest absolute Gasteiger partial charge is 0.462 e. The molecule has 0 aromatic heterocycles. The molecule has 0 fully saturated rings. The van der Waals surface area contributed by atoms with E-state index in [0.717, 1.165) is 57.8 Å². The van der Waals surface area contributed by atoms with E-state index in [-0.39, 0.29) is 31.1 Å². The summed E-state index contributed by atoms with van der Waals surface area (Å²) in [6.07, 6.45) is 59.1. The van der Waals surface area contributed by atoms with E-state index in [0.29, 0.717) is 19.3 Å². The van der Waals surface area contributed by atoms with Gasteiger partial charge in [0, 0.05) is 19.3 Å². The Morgan fingerprint density at radius 2 is 0.524 bits per heavy atom. The maximum atomic E-state index is 12.8. The van der Waals surface area contributed by atoms with Gasteiger partial charge in [-0.05, 0) is 44.9 Å². The van der Waals surface area contributed by atoms with Crippen LogP contribution >= 0.6 is 0 Å². The van der Waals surface area contributed by atoms with Gasteiger partial charge in [0.05, 0.1) is 0 Å². The number of rotatable bonds is 52. The Balaban J connectivity index is 4.29. The van der Waals surface area contributed by atoms with Crippen LogP contribution in [0.4, 0.5) is 0 Å². The van der Waals surface area contributed by atoms with Gasteiger partial charge < -0.3 is 14.2 Å². The van der Waals surface area contributed by atoms with Gasteiger partial charge in [-0.25, -0.2) is 0 Å². The summed E-state index contributed by atoms with van der Waals surface area (Å²) < 4.78 is 16.9. The minimum absolute atomic E-state index is 0.0659. The number of hydrogen-bond acceptors (Lipinski definition) is 6. The van der Waals surface area contributed by atoms with E-state index in [1.165, 1.54) is 218 Å². The van der Waals surface area contributed by atoms with Crippen molar-refractivity contribution in [3.63, 3.8) is 0 Å². The van der Waals surface area contributed by atoms with E-state index >= 15 is 0 Å². The van der Waals surface area contributed by atoms with Gasteiger partial charge in [0.15, 0.2) is 6.10 Å². The highest BCUT2D eigenvalue weighted by Crippen LogP contribution is 2.17. The molecular weight excluding hydrogens is 781 g/mol. The molecule has 0 radical (unpaired) electrons. The van der Waals surface area contributed by atoms with E-state index in [1.807, 2.05) is 0 Å². The van der Waals surface area contributed by atoms with Crippen LogP contribution < -0.4 is 0 Å². The van der Waals surface area contributed by atoms with Gasteiger partial charge in [0.1, 0.15) is 13.2 Å². The second-order valence-corrected chi connectivity index (χ2v) is 19.2. The standard InChI is InChI=1S/C57H108O6/c1-4-7-10-13-16-19-22-25-27-28-29-31-32-35-38-41-44-47-50-56(59)62-53-54(52-61-55(58)49-46-43-40-37-34-24-21-18-15-12-9-6-3)63-57(60)51-48-45-42-39-36-33-30-26-23-20-17-14-11-8-5-2/h20,23,54H,4-19,21-22,24-53H2,1-3H3/b23-20-. The minimum atomic E-state index is -0.766. The molecule has 6 heteroatoms. The molecule has 0 saturated heterocycles. The van der Waals surface area contributed by atoms with E-state index in [4.69, 9.17) is 14.2 Å². The summed E-state index contributed by atoms with van der Waals surface area (Å²) in [6.45, 7) is 6.67. The highest BCUT2D eigenvalue weighted by atomic mass is 16.6. The van der Waals surface area contributed by atoms with E-state index in [9.17, 15) is 14.4 Å². The second kappa shape index (κ2) is 52.8. The third-order valence-electron chi connectivity index (χ3n) is 12.8. The van der Waals surface area contributed by atoms with Crippen LogP contribution in [0.1, 0.15) is 316 Å². The fourth-order valence-corrected chi connectivity index (χ4v) is 8.50. The lowest BCUT2D eigenvalue weighted by Gasteiger charge is -2.18. The van der Waals surface area contributed by atoms with Gasteiger partial charge in [0.2, 0.25) is 0 Å². The molecular formula is C57H108O6. The van der Waals surface area contributed by atoms with Gasteiger partial charge in [-0.15, -0.1) is 0 Å². The second-order valence-electron chi connectivity index (χ2n) is 19.2. The van der Waals surface area contributed by atoms with E-state index in [2.05, 4.69) is 32.9 Å². The third kappa shape index (κ3) is 51.0. The maximum Gasteiger partial charge on any atom is 0.306 e. The fraction of sp³-hybridized carbons (Fsp3) is 0.912. The molecule has 6 nitrogen and oxygen atoms in total. The maximum absolute atomic E-state index is 12.8. The Hall–Kier alpha value is -1.85. The first kappa shape index (κ1) is 61.1. The summed E-state index contributed by atoms with van der Waals surface area (Å²) >= 11 is 0. The molecule has 63 heavy (non-hydrogen) atoms. The van der Waals surface area contributed by atoms with Crippen molar-refractivity contribution in [3.05, 3.63) is 12.2 Å². The highest BCUT2D eigenvalue weighted by molar-refractivity contribution is 5.71. The number of esters is 3. The molecule has 0 N–H and O–H groups in total. The van der Waals surface area contributed by atoms with E-state index in [1.54, 1.807) is 0 Å². The quantitative estimate of drug-likeness (QED) is 0.0262. The zero-order valence-corrected chi connectivity index (χ0v) is 42.6. The first-order valence-electron chi connectivity index (χ1n) is 28.2. The summed E-state index contributed by atoms with van der Waals surface area (Å²) in [5, 5.41) is 0. The van der Waals surface area contributed by atoms with Crippen molar-refractivity contribution in [1.82, 2.24) is 0 Å². The van der Waals surface area contributed by atoms with Crippen LogP contribution in [-0.4, -0.2) is 37.2 Å². The third-order valence-corrected chi connectivity index (χ3v) is 12.8. The Labute approximate surface area is 392 Å². The van der Waals surface area contributed by atoms with Gasteiger partial charge in [-0.3, -0.25) is 14.4 Å². The van der Waals surface area contributed by atoms with E-state index < -0.39 is 6.10 Å². The normalized spacial score (nSPS) is 12.0. The van der Waals surface area contributed by atoms with Crippen LogP contribution in [-0.2, 0) is 28.6 Å². The average Bonchev–Trinajstić information content (AvgIpc) is 3.28. The van der Waals surface area contributed by atoms with Crippen LogP contribution in [0.3, 0.4) is 0 Å². The molecule has 1 atom stereocenters. The molecule has 0 aliphatic rings. The topological polar surface area (TPSA) is 78.9 Å². The van der Waals surface area contributed by atoms with Gasteiger partial charge in [-0.1, -0.05) is 264 Å². The van der Waals surface area contributed by atoms with Crippen molar-refractivity contribution in [2.24, 2.45) is 0 Å². The van der Waals surface area contributed by atoms with Gasteiger partial charge in [0.25, 0.3) is 0 Å². The fourth-order valence-electron chi connectivity index (χ4n) is 8.50. The molecule has 0 bridgehead atoms. The number of allylic oxidation sites excluding steroid dienone is 2. The summed E-state index contributed by atoms with van der Waals surface area (Å²) in [7, 11) is 0. The monoisotopic (exact) mass is 889 g/mol. The Morgan fingerprint density at radius 3 is 0.810 bits per heavy atom. The van der Waals surface area contributed by atoms with Crippen molar-refractivity contribution >= 4 is 17.9 Å². The summed E-state index contributed by atoms with van der Waals surface area (Å²) in [5.41, 5.74) is 0. The highest BCUT2D eigenvalue weighted by Gasteiger charge is 2.19. The first-order chi connectivity index (χ1) is 31.0. The Morgan fingerprint density at radius 1 is 0.302 bits per heavy atom. The molecule has 0 heterocycles. The molecule has 0 rings (SSSR count). The summed E-state index contributed by atoms with van der Waals surface area (Å²) in [4.78, 5) is 38.1. The number of ether oxygens (including phenoxy) is 3. The molecule has 0 aromatic carbocycles. The van der Waals surface area contributed by atoms with Crippen LogP contribution in [0.2, 0.25) is 0 Å². The molecule has 0 aliphatic carbocycles. The van der Waals surface area contributed by atoms with Gasteiger partial charge in [-0.2, -0.15) is 0 Å². The van der Waals surface area contributed by atoms with Crippen LogP contribution in [0.15, 0.2) is 12.2 Å². The van der Waals surface area contributed by atoms with Crippen molar-refractivity contribution < 1.29 is 28.6 Å². The number of hydrogen-bond donors (Lipinski definition) is 0. The van der Waals surface area contributed by atoms with Crippen LogP contribution in [0, 0.1) is 0 Å². The summed E-state index contributed by atoms with van der Waals surface area (Å²) in [6, 6.07) is 0. The zero-order valence-electron chi connectivity index (χ0n) is 42.6. The average molecular weight is 889 g/mol. The van der Waals surface area contributed by atoms with Crippen molar-refractivity contribution in [1.29, 1.82) is 0 Å². The Bertz CT molecular complexity index is 978.